The van der Waals surface area contributed by atoms with E-state index in [1.54, 1.807) is 11.2 Å². The standard InChI is InChI=1S/C16H21NO5S/c1-11-10-13(2-3-14(11)16(18)19)23(20,21)17-7-4-15(17)12-5-8-22-9-6-12/h2-3,10,12,15H,4-9H2,1H3,(H,18,19). The first kappa shape index (κ1) is 16.4. The van der Waals surface area contributed by atoms with Crippen LogP contribution < -0.4 is 0 Å². The first-order chi connectivity index (χ1) is 10.9. The van der Waals surface area contributed by atoms with Gasteiger partial charge in [-0.15, -0.1) is 0 Å². The van der Waals surface area contributed by atoms with Gasteiger partial charge in [-0.25, -0.2) is 13.2 Å². The highest BCUT2D eigenvalue weighted by Gasteiger charge is 2.43. The summed E-state index contributed by atoms with van der Waals surface area (Å²) in [6.07, 6.45) is 2.68. The number of aryl methyl sites for hydroxylation is 1. The van der Waals surface area contributed by atoms with Gasteiger partial charge in [0.2, 0.25) is 10.0 Å². The third-order valence-corrected chi connectivity index (χ3v) is 6.78. The Morgan fingerprint density at radius 1 is 1.26 bits per heavy atom. The van der Waals surface area contributed by atoms with Crippen molar-refractivity contribution in [2.45, 2.75) is 37.1 Å². The van der Waals surface area contributed by atoms with Crippen molar-refractivity contribution in [2.24, 2.45) is 5.92 Å². The Balaban J connectivity index is 1.84. The number of hydrogen-bond donors (Lipinski definition) is 1. The fourth-order valence-corrected chi connectivity index (χ4v) is 5.24. The molecule has 1 aromatic rings. The van der Waals surface area contributed by atoms with Crippen LogP contribution >= 0.6 is 0 Å². The van der Waals surface area contributed by atoms with Crippen LogP contribution in [0.25, 0.3) is 0 Å². The molecule has 2 aliphatic heterocycles. The van der Waals surface area contributed by atoms with Gasteiger partial charge in [-0.1, -0.05) is 0 Å². The molecule has 126 valence electrons. The highest BCUT2D eigenvalue weighted by atomic mass is 32.2. The summed E-state index contributed by atoms with van der Waals surface area (Å²) in [4.78, 5) is 11.2. The molecule has 2 saturated heterocycles. The molecule has 0 bridgehead atoms. The van der Waals surface area contributed by atoms with E-state index in [0.29, 0.717) is 31.2 Å². The van der Waals surface area contributed by atoms with Crippen molar-refractivity contribution in [1.82, 2.24) is 4.31 Å². The summed E-state index contributed by atoms with van der Waals surface area (Å²) in [5.41, 5.74) is 0.593. The van der Waals surface area contributed by atoms with Gasteiger partial charge in [0.25, 0.3) is 0 Å². The quantitative estimate of drug-likeness (QED) is 0.905. The number of ether oxygens (including phenoxy) is 1. The lowest BCUT2D eigenvalue weighted by Crippen LogP contribution is -2.55. The average molecular weight is 339 g/mol. The van der Waals surface area contributed by atoms with Crippen molar-refractivity contribution >= 4 is 16.0 Å². The van der Waals surface area contributed by atoms with E-state index in [0.717, 1.165) is 19.3 Å². The van der Waals surface area contributed by atoms with Crippen LogP contribution in [0.1, 0.15) is 35.2 Å². The van der Waals surface area contributed by atoms with Crippen LogP contribution in [0.3, 0.4) is 0 Å². The Hall–Kier alpha value is -1.44. The van der Waals surface area contributed by atoms with E-state index < -0.39 is 16.0 Å². The van der Waals surface area contributed by atoms with Crippen molar-refractivity contribution in [3.8, 4) is 0 Å². The lowest BCUT2D eigenvalue weighted by atomic mass is 9.86. The predicted octanol–water partition coefficient (Wildman–Crippen LogP) is 1.88. The molecule has 1 atom stereocenters. The first-order valence-electron chi connectivity index (χ1n) is 7.85. The van der Waals surface area contributed by atoms with Gasteiger partial charge in [0, 0.05) is 25.8 Å². The first-order valence-corrected chi connectivity index (χ1v) is 9.29. The molecule has 6 nitrogen and oxygen atoms in total. The van der Waals surface area contributed by atoms with E-state index in [4.69, 9.17) is 9.84 Å². The summed E-state index contributed by atoms with van der Waals surface area (Å²) in [6.45, 7) is 3.54. The molecule has 2 fully saturated rings. The molecule has 23 heavy (non-hydrogen) atoms. The number of carboxylic acids is 1. The smallest absolute Gasteiger partial charge is 0.335 e. The Labute approximate surface area is 136 Å². The number of carbonyl (C=O) groups is 1. The number of hydrogen-bond acceptors (Lipinski definition) is 4. The molecule has 0 saturated carbocycles. The highest BCUT2D eigenvalue weighted by Crippen LogP contribution is 2.35. The summed E-state index contributed by atoms with van der Waals surface area (Å²) in [6, 6.07) is 4.26. The van der Waals surface area contributed by atoms with Crippen molar-refractivity contribution < 1.29 is 23.1 Å². The normalized spacial score (nSPS) is 23.4. The molecule has 0 amide bonds. The van der Waals surface area contributed by atoms with E-state index in [9.17, 15) is 13.2 Å². The molecule has 0 spiro atoms. The summed E-state index contributed by atoms with van der Waals surface area (Å²) in [5.74, 6) is -0.692. The van der Waals surface area contributed by atoms with Gasteiger partial charge in [0.1, 0.15) is 0 Å². The lowest BCUT2D eigenvalue weighted by molar-refractivity contribution is 0.0191. The van der Waals surface area contributed by atoms with Crippen LogP contribution in [0.15, 0.2) is 23.1 Å². The number of nitrogens with zero attached hydrogens (tertiary/aromatic N) is 1. The number of carboxylic acid groups (broad SMARTS) is 1. The van der Waals surface area contributed by atoms with Crippen molar-refractivity contribution in [1.29, 1.82) is 0 Å². The lowest BCUT2D eigenvalue weighted by Gasteiger charge is -2.45. The zero-order valence-corrected chi connectivity index (χ0v) is 13.9. The summed E-state index contributed by atoms with van der Waals surface area (Å²) in [5, 5.41) is 9.07. The molecule has 0 radical (unpaired) electrons. The summed E-state index contributed by atoms with van der Waals surface area (Å²) < 4.78 is 32.6. The van der Waals surface area contributed by atoms with Crippen molar-refractivity contribution in [2.75, 3.05) is 19.8 Å². The van der Waals surface area contributed by atoms with Gasteiger partial charge < -0.3 is 9.84 Å². The molecule has 3 rings (SSSR count). The van der Waals surface area contributed by atoms with Gasteiger partial charge >= 0.3 is 5.97 Å². The minimum atomic E-state index is -3.57. The zero-order chi connectivity index (χ0) is 16.6. The zero-order valence-electron chi connectivity index (χ0n) is 13.1. The van der Waals surface area contributed by atoms with Crippen molar-refractivity contribution in [3.63, 3.8) is 0 Å². The van der Waals surface area contributed by atoms with Crippen molar-refractivity contribution in [3.05, 3.63) is 29.3 Å². The molecule has 2 aliphatic rings. The number of sulfonamides is 1. The average Bonchev–Trinajstić information content (AvgIpc) is 2.46. The summed E-state index contributed by atoms with van der Waals surface area (Å²) in [7, 11) is -3.57. The van der Waals surface area contributed by atoms with Crippen LogP contribution in [0.4, 0.5) is 0 Å². The highest BCUT2D eigenvalue weighted by molar-refractivity contribution is 7.89. The van der Waals surface area contributed by atoms with Crippen LogP contribution in [0.5, 0.6) is 0 Å². The Bertz CT molecular complexity index is 709. The van der Waals surface area contributed by atoms with E-state index in [2.05, 4.69) is 0 Å². The molecular formula is C16H21NO5S. The molecule has 0 aromatic heterocycles. The topological polar surface area (TPSA) is 83.9 Å². The molecule has 2 heterocycles. The van der Waals surface area contributed by atoms with E-state index >= 15 is 0 Å². The van der Waals surface area contributed by atoms with Crippen LogP contribution in [0.2, 0.25) is 0 Å². The maximum atomic E-state index is 12.8. The SMILES string of the molecule is Cc1cc(S(=O)(=O)N2CCC2C2CCOCC2)ccc1C(=O)O. The van der Waals surface area contributed by atoms with Crippen LogP contribution in [-0.2, 0) is 14.8 Å². The molecule has 7 heteroatoms. The molecular weight excluding hydrogens is 318 g/mol. The minimum absolute atomic E-state index is 0.0448. The van der Waals surface area contributed by atoms with Crippen LogP contribution in [0, 0.1) is 12.8 Å². The minimum Gasteiger partial charge on any atom is -0.478 e. The third kappa shape index (κ3) is 3.00. The van der Waals surface area contributed by atoms with Gasteiger partial charge in [-0.3, -0.25) is 0 Å². The second kappa shape index (κ2) is 6.22. The molecule has 0 aliphatic carbocycles. The number of aromatic carboxylic acids is 1. The second-order valence-electron chi connectivity index (χ2n) is 6.20. The number of benzene rings is 1. The maximum Gasteiger partial charge on any atom is 0.335 e. The summed E-state index contributed by atoms with van der Waals surface area (Å²) >= 11 is 0. The van der Waals surface area contributed by atoms with E-state index in [-0.39, 0.29) is 16.5 Å². The molecule has 1 aromatic carbocycles. The van der Waals surface area contributed by atoms with E-state index in [1.807, 2.05) is 0 Å². The monoisotopic (exact) mass is 339 g/mol. The van der Waals surface area contributed by atoms with Gasteiger partial charge in [0.05, 0.1) is 10.5 Å². The molecule has 1 unspecified atom stereocenters. The fourth-order valence-electron chi connectivity index (χ4n) is 3.43. The van der Waals surface area contributed by atoms with Gasteiger partial charge in [-0.05, 0) is 55.9 Å². The largest absolute Gasteiger partial charge is 0.478 e. The Morgan fingerprint density at radius 2 is 1.96 bits per heavy atom. The second-order valence-corrected chi connectivity index (χ2v) is 8.09. The maximum absolute atomic E-state index is 12.8. The van der Waals surface area contributed by atoms with Gasteiger partial charge in [0.15, 0.2) is 0 Å². The Kier molecular flexibility index (Phi) is 4.44. The Morgan fingerprint density at radius 3 is 2.48 bits per heavy atom. The van der Waals surface area contributed by atoms with Gasteiger partial charge in [-0.2, -0.15) is 4.31 Å². The van der Waals surface area contributed by atoms with Crippen LogP contribution in [-0.4, -0.2) is 49.6 Å². The third-order valence-electron chi connectivity index (χ3n) is 4.86. The fraction of sp³-hybridized carbons (Fsp3) is 0.562. The van der Waals surface area contributed by atoms with E-state index in [1.165, 1.54) is 18.2 Å². The molecule has 1 N–H and O–H groups in total. The number of rotatable bonds is 4. The predicted molar refractivity (Wildman–Crippen MR) is 84.0 cm³/mol.